The Labute approximate surface area is 66.0 Å². The molecule has 0 saturated heterocycles. The maximum Gasteiger partial charge on any atom is -0.0417 e. The first-order valence-electron chi connectivity index (χ1n) is 4.38. The van der Waals surface area contributed by atoms with Gasteiger partial charge >= 0.3 is 0 Å². The Morgan fingerprint density at radius 3 is 2.50 bits per heavy atom. The molecule has 10 heavy (non-hydrogen) atoms. The van der Waals surface area contributed by atoms with Crippen molar-refractivity contribution in [3.63, 3.8) is 0 Å². The molecule has 0 aromatic rings. The summed E-state index contributed by atoms with van der Waals surface area (Å²) in [6.45, 7) is 8.26. The molecule has 0 rings (SSSR count). The average Bonchev–Trinajstić information content (AvgIpc) is 1.87. The third-order valence-corrected chi connectivity index (χ3v) is 1.69. The molecule has 1 atom stereocenters. The smallest absolute Gasteiger partial charge is 0.0417 e. The van der Waals surface area contributed by atoms with Crippen LogP contribution in [0.25, 0.3) is 0 Å². The van der Waals surface area contributed by atoms with Crippen molar-refractivity contribution in [2.75, 3.05) is 0 Å². The van der Waals surface area contributed by atoms with Crippen LogP contribution in [0, 0.1) is 19.3 Å². The van der Waals surface area contributed by atoms with Gasteiger partial charge in [0.2, 0.25) is 0 Å². The highest BCUT2D eigenvalue weighted by Crippen LogP contribution is 2.09. The molecule has 1 unspecified atom stereocenters. The first-order valence-corrected chi connectivity index (χ1v) is 4.38. The molecule has 0 saturated carbocycles. The average molecular weight is 140 g/mol. The first-order chi connectivity index (χ1) is 4.77. The van der Waals surface area contributed by atoms with Gasteiger partial charge in [-0.2, -0.15) is 0 Å². The van der Waals surface area contributed by atoms with Crippen LogP contribution < -0.4 is 0 Å². The van der Waals surface area contributed by atoms with Crippen LogP contribution in [0.15, 0.2) is 0 Å². The molecule has 0 aliphatic carbocycles. The maximum atomic E-state index is 3.95. The lowest BCUT2D eigenvalue weighted by atomic mass is 10.0. The minimum atomic E-state index is 0.644. The Balaban J connectivity index is 2.77. The van der Waals surface area contributed by atoms with Gasteiger partial charge in [-0.05, 0) is 12.3 Å². The molecular weight excluding hydrogens is 120 g/mol. The topological polar surface area (TPSA) is 0 Å². The van der Waals surface area contributed by atoms with Gasteiger partial charge in [0, 0.05) is 0 Å². The van der Waals surface area contributed by atoms with Gasteiger partial charge in [-0.15, -0.1) is 0 Å². The van der Waals surface area contributed by atoms with Gasteiger partial charge in [0.05, 0.1) is 0 Å². The molecule has 0 spiro atoms. The minimum absolute atomic E-state index is 0.644. The summed E-state index contributed by atoms with van der Waals surface area (Å²) in [6, 6.07) is 0. The van der Waals surface area contributed by atoms with Gasteiger partial charge in [-0.3, -0.25) is 0 Å². The zero-order valence-electron chi connectivity index (χ0n) is 7.40. The summed E-state index contributed by atoms with van der Waals surface area (Å²) in [4.78, 5) is 0. The predicted octanol–water partition coefficient (Wildman–Crippen LogP) is 3.63. The van der Waals surface area contributed by atoms with Crippen molar-refractivity contribution in [2.24, 2.45) is 5.92 Å². The molecule has 0 aromatic heterocycles. The molecule has 0 aliphatic heterocycles. The molecule has 0 aromatic carbocycles. The Bertz CT molecular complexity index is 55.1. The van der Waals surface area contributed by atoms with E-state index in [-0.39, 0.29) is 0 Å². The molecule has 0 aliphatic rings. The van der Waals surface area contributed by atoms with E-state index in [4.69, 9.17) is 0 Å². The minimum Gasteiger partial charge on any atom is -0.0625 e. The van der Waals surface area contributed by atoms with E-state index in [2.05, 4.69) is 27.2 Å². The molecule has 0 N–H and O–H groups in total. The van der Waals surface area contributed by atoms with Crippen molar-refractivity contribution in [3.8, 4) is 0 Å². The van der Waals surface area contributed by atoms with Crippen LogP contribution in [0.3, 0.4) is 0 Å². The van der Waals surface area contributed by atoms with E-state index >= 15 is 0 Å². The second-order valence-electron chi connectivity index (χ2n) is 3.15. The van der Waals surface area contributed by atoms with Crippen molar-refractivity contribution in [1.29, 1.82) is 0 Å². The van der Waals surface area contributed by atoms with Crippen LogP contribution in [0.2, 0.25) is 0 Å². The summed E-state index contributed by atoms with van der Waals surface area (Å²) in [5.74, 6) is 0.644. The van der Waals surface area contributed by atoms with Gasteiger partial charge in [-0.25, -0.2) is 0 Å². The molecule has 0 fully saturated rings. The number of hydrogen-bond donors (Lipinski definition) is 0. The van der Waals surface area contributed by atoms with Crippen molar-refractivity contribution in [3.05, 3.63) is 13.3 Å². The van der Waals surface area contributed by atoms with Crippen LogP contribution in [-0.2, 0) is 0 Å². The lowest BCUT2D eigenvalue weighted by Crippen LogP contribution is -1.87. The second kappa shape index (κ2) is 7.11. The Morgan fingerprint density at radius 2 is 2.00 bits per heavy atom. The fraction of sp³-hybridized carbons (Fsp3) is 0.800. The van der Waals surface area contributed by atoms with Gasteiger partial charge in [-0.1, -0.05) is 52.9 Å². The lowest BCUT2D eigenvalue weighted by Gasteiger charge is -2.02. The number of hydrogen-bond acceptors (Lipinski definition) is 0. The van der Waals surface area contributed by atoms with Gasteiger partial charge < -0.3 is 0 Å². The van der Waals surface area contributed by atoms with Crippen molar-refractivity contribution in [2.45, 2.75) is 46.0 Å². The molecule has 0 amide bonds. The van der Waals surface area contributed by atoms with Crippen LogP contribution in [0.1, 0.15) is 46.0 Å². The molecule has 2 radical (unpaired) electrons. The monoisotopic (exact) mass is 140 g/mol. The van der Waals surface area contributed by atoms with E-state index in [0.29, 0.717) is 5.92 Å². The van der Waals surface area contributed by atoms with E-state index < -0.39 is 0 Å². The van der Waals surface area contributed by atoms with E-state index in [1.165, 1.54) is 32.1 Å². The molecule has 0 heterocycles. The quantitative estimate of drug-likeness (QED) is 0.494. The fourth-order valence-corrected chi connectivity index (χ4v) is 1.02. The molecule has 0 heteroatoms. The molecule has 0 bridgehead atoms. The largest absolute Gasteiger partial charge is 0.0625 e. The highest BCUT2D eigenvalue weighted by atomic mass is 14.0. The predicted molar refractivity (Wildman–Crippen MR) is 47.6 cm³/mol. The van der Waals surface area contributed by atoms with Crippen molar-refractivity contribution in [1.82, 2.24) is 0 Å². The first kappa shape index (κ1) is 10.0. The zero-order valence-corrected chi connectivity index (χ0v) is 7.40. The Morgan fingerprint density at radius 1 is 1.30 bits per heavy atom. The third kappa shape index (κ3) is 8.00. The van der Waals surface area contributed by atoms with Crippen LogP contribution >= 0.6 is 0 Å². The zero-order chi connectivity index (χ0) is 7.82. The summed E-state index contributed by atoms with van der Waals surface area (Å²) in [6.07, 6.45) is 8.93. The van der Waals surface area contributed by atoms with E-state index in [9.17, 15) is 0 Å². The fourth-order valence-electron chi connectivity index (χ4n) is 1.02. The maximum absolute atomic E-state index is 3.95. The van der Waals surface area contributed by atoms with Gasteiger partial charge in [0.25, 0.3) is 0 Å². The SMILES string of the molecule is [CH2]C(C)CCCCC[CH]C. The van der Waals surface area contributed by atoms with Crippen molar-refractivity contribution >= 4 is 0 Å². The van der Waals surface area contributed by atoms with E-state index in [1.54, 1.807) is 0 Å². The highest BCUT2D eigenvalue weighted by Gasteiger charge is 1.92. The second-order valence-corrected chi connectivity index (χ2v) is 3.15. The Kier molecular flexibility index (Phi) is 7.11. The number of rotatable bonds is 6. The summed E-state index contributed by atoms with van der Waals surface area (Å²) in [7, 11) is 0. The van der Waals surface area contributed by atoms with Gasteiger partial charge in [0.1, 0.15) is 0 Å². The molecule has 60 valence electrons. The van der Waals surface area contributed by atoms with E-state index in [0.717, 1.165) is 0 Å². The third-order valence-electron chi connectivity index (χ3n) is 1.69. The highest BCUT2D eigenvalue weighted by molar-refractivity contribution is 4.58. The lowest BCUT2D eigenvalue weighted by molar-refractivity contribution is 0.561. The summed E-state index contributed by atoms with van der Waals surface area (Å²) < 4.78 is 0. The van der Waals surface area contributed by atoms with E-state index in [1.807, 2.05) is 0 Å². The summed E-state index contributed by atoms with van der Waals surface area (Å²) in [5, 5.41) is 0. The van der Waals surface area contributed by atoms with Crippen LogP contribution in [-0.4, -0.2) is 0 Å². The van der Waals surface area contributed by atoms with Gasteiger partial charge in [0.15, 0.2) is 0 Å². The molecule has 0 nitrogen and oxygen atoms in total. The van der Waals surface area contributed by atoms with Crippen LogP contribution in [0.4, 0.5) is 0 Å². The van der Waals surface area contributed by atoms with Crippen molar-refractivity contribution < 1.29 is 0 Å². The van der Waals surface area contributed by atoms with Crippen LogP contribution in [0.5, 0.6) is 0 Å². The number of unbranched alkanes of at least 4 members (excludes halogenated alkanes) is 4. The standard InChI is InChI=1S/C10H20/c1-4-5-6-7-8-9-10(2)3/h4,10H,2,5-9H2,1,3H3. The Hall–Kier alpha value is 0. The summed E-state index contributed by atoms with van der Waals surface area (Å²) in [5.41, 5.74) is 0. The molecular formula is C10H20. The normalized spacial score (nSPS) is 10.8. The summed E-state index contributed by atoms with van der Waals surface area (Å²) >= 11 is 0.